The molecule has 0 spiro atoms. The zero-order valence-corrected chi connectivity index (χ0v) is 14.3. The Hall–Kier alpha value is -2.61. The number of hydrogen-bond acceptors (Lipinski definition) is 4. The summed E-state index contributed by atoms with van der Waals surface area (Å²) in [5.41, 5.74) is 1.20. The van der Waals surface area contributed by atoms with Crippen LogP contribution in [0.1, 0.15) is 26.5 Å². The Morgan fingerprint density at radius 3 is 2.72 bits per heavy atom. The summed E-state index contributed by atoms with van der Waals surface area (Å²) in [5.74, 6) is -1.69. The highest BCUT2D eigenvalue weighted by Crippen LogP contribution is 2.15. The van der Waals surface area contributed by atoms with Crippen molar-refractivity contribution in [3.8, 4) is 0 Å². The largest absolute Gasteiger partial charge is 0.350 e. The van der Waals surface area contributed by atoms with E-state index in [2.05, 4.69) is 15.6 Å². The fourth-order valence-corrected chi connectivity index (χ4v) is 3.28. The maximum absolute atomic E-state index is 13.7. The van der Waals surface area contributed by atoms with Gasteiger partial charge in [-0.2, -0.15) is 0 Å². The lowest BCUT2D eigenvalue weighted by molar-refractivity contribution is 0.0949. The summed E-state index contributed by atoms with van der Waals surface area (Å²) < 4.78 is 28.5. The third-order valence-corrected chi connectivity index (χ3v) is 4.84. The van der Waals surface area contributed by atoms with E-state index in [-0.39, 0.29) is 23.7 Å². The quantitative estimate of drug-likeness (QED) is 0.733. The lowest BCUT2D eigenvalue weighted by Gasteiger charge is -2.04. The predicted molar refractivity (Wildman–Crippen MR) is 90.6 cm³/mol. The maximum atomic E-state index is 13.7. The molecule has 8 heteroatoms. The van der Waals surface area contributed by atoms with Gasteiger partial charge in [0.1, 0.15) is 11.6 Å². The summed E-state index contributed by atoms with van der Waals surface area (Å²) >= 11 is 1.65. The van der Waals surface area contributed by atoms with Gasteiger partial charge >= 0.3 is 0 Å². The molecule has 0 aliphatic heterocycles. The maximum Gasteiger partial charge on any atom is 0.273 e. The molecule has 130 valence electrons. The second-order valence-electron chi connectivity index (χ2n) is 5.53. The van der Waals surface area contributed by atoms with Crippen LogP contribution in [-0.4, -0.2) is 27.4 Å². The molecule has 0 saturated heterocycles. The molecule has 0 unspecified atom stereocenters. The van der Waals surface area contributed by atoms with Crippen molar-refractivity contribution in [1.82, 2.24) is 20.3 Å². The summed E-state index contributed by atoms with van der Waals surface area (Å²) in [5, 5.41) is 12.3. The first kappa shape index (κ1) is 17.2. The van der Waals surface area contributed by atoms with Gasteiger partial charge < -0.3 is 5.32 Å². The van der Waals surface area contributed by atoms with E-state index in [0.29, 0.717) is 6.54 Å². The minimum absolute atomic E-state index is 0.111. The zero-order valence-electron chi connectivity index (χ0n) is 13.5. The molecular weight excluding hydrogens is 346 g/mol. The average molecular weight is 362 g/mol. The molecule has 3 rings (SSSR count). The highest BCUT2D eigenvalue weighted by atomic mass is 32.1. The molecule has 0 aliphatic carbocycles. The van der Waals surface area contributed by atoms with Gasteiger partial charge in [0, 0.05) is 17.0 Å². The second kappa shape index (κ2) is 7.52. The Morgan fingerprint density at radius 1 is 1.28 bits per heavy atom. The Balaban J connectivity index is 1.59. The van der Waals surface area contributed by atoms with Crippen LogP contribution in [0.3, 0.4) is 0 Å². The second-order valence-corrected chi connectivity index (χ2v) is 6.53. The van der Waals surface area contributed by atoms with E-state index in [1.807, 2.05) is 18.4 Å². The number of hydrogen-bond donors (Lipinski definition) is 1. The molecule has 1 N–H and O–H groups in total. The van der Waals surface area contributed by atoms with Gasteiger partial charge in [0.25, 0.3) is 5.91 Å². The fourth-order valence-electron chi connectivity index (χ4n) is 2.37. The van der Waals surface area contributed by atoms with Gasteiger partial charge in [0.05, 0.1) is 12.7 Å². The van der Waals surface area contributed by atoms with Gasteiger partial charge in [-0.15, -0.1) is 16.4 Å². The topological polar surface area (TPSA) is 59.8 Å². The summed E-state index contributed by atoms with van der Waals surface area (Å²) in [4.78, 5) is 13.3. The summed E-state index contributed by atoms with van der Waals surface area (Å²) in [7, 11) is 0. The Morgan fingerprint density at radius 2 is 2.04 bits per heavy atom. The van der Waals surface area contributed by atoms with Crippen LogP contribution in [0.5, 0.6) is 0 Å². The lowest BCUT2D eigenvalue weighted by atomic mass is 10.2. The van der Waals surface area contributed by atoms with Crippen LogP contribution in [0, 0.1) is 18.6 Å². The molecular formula is C17H16F2N4OS. The van der Waals surface area contributed by atoms with Crippen LogP contribution >= 0.6 is 11.3 Å². The number of nitrogens with zero attached hydrogens (tertiary/aromatic N) is 3. The molecule has 0 saturated carbocycles. The molecule has 1 amide bonds. The SMILES string of the molecule is Cc1ccsc1CCNC(=O)c1cn(Cc2c(F)cccc2F)nn1. The Bertz CT molecular complexity index is 870. The van der Waals surface area contributed by atoms with Crippen molar-refractivity contribution in [3.05, 3.63) is 69.2 Å². The minimum Gasteiger partial charge on any atom is -0.350 e. The molecule has 2 heterocycles. The van der Waals surface area contributed by atoms with Crippen molar-refractivity contribution < 1.29 is 13.6 Å². The average Bonchev–Trinajstić information content (AvgIpc) is 3.21. The van der Waals surface area contributed by atoms with E-state index >= 15 is 0 Å². The van der Waals surface area contributed by atoms with Crippen LogP contribution in [0.4, 0.5) is 8.78 Å². The molecule has 5 nitrogen and oxygen atoms in total. The van der Waals surface area contributed by atoms with Gasteiger partial charge in [-0.3, -0.25) is 4.79 Å². The number of benzene rings is 1. The number of aromatic nitrogens is 3. The van der Waals surface area contributed by atoms with Crippen LogP contribution in [-0.2, 0) is 13.0 Å². The monoisotopic (exact) mass is 362 g/mol. The summed E-state index contributed by atoms with van der Waals surface area (Å²) in [6, 6.07) is 5.68. The number of thiophene rings is 1. The van der Waals surface area contributed by atoms with Crippen LogP contribution in [0.15, 0.2) is 35.8 Å². The van der Waals surface area contributed by atoms with E-state index in [4.69, 9.17) is 0 Å². The molecule has 3 aromatic rings. The van der Waals surface area contributed by atoms with Crippen LogP contribution in [0.2, 0.25) is 0 Å². The predicted octanol–water partition coefficient (Wildman–Crippen LogP) is 2.95. The van der Waals surface area contributed by atoms with E-state index in [1.165, 1.54) is 39.5 Å². The summed E-state index contributed by atoms with van der Waals surface area (Å²) in [6.07, 6.45) is 2.11. The lowest BCUT2D eigenvalue weighted by Crippen LogP contribution is -2.26. The molecule has 25 heavy (non-hydrogen) atoms. The van der Waals surface area contributed by atoms with Crippen molar-refractivity contribution in [3.63, 3.8) is 0 Å². The number of nitrogens with one attached hydrogen (secondary N) is 1. The normalized spacial score (nSPS) is 10.8. The molecule has 0 fully saturated rings. The molecule has 0 radical (unpaired) electrons. The van der Waals surface area contributed by atoms with Gasteiger partial charge in [0.2, 0.25) is 0 Å². The minimum atomic E-state index is -0.659. The highest BCUT2D eigenvalue weighted by molar-refractivity contribution is 7.10. The van der Waals surface area contributed by atoms with Crippen molar-refractivity contribution >= 4 is 17.2 Å². The zero-order chi connectivity index (χ0) is 17.8. The molecule has 0 aliphatic rings. The molecule has 2 aromatic heterocycles. The Kier molecular flexibility index (Phi) is 5.18. The fraction of sp³-hybridized carbons (Fsp3) is 0.235. The van der Waals surface area contributed by atoms with Gasteiger partial charge in [-0.1, -0.05) is 11.3 Å². The standard InChI is InChI=1S/C17H16F2N4OS/c1-11-6-8-25-16(11)5-7-20-17(24)15-10-23(22-21-15)9-12-13(18)3-2-4-14(12)19/h2-4,6,8,10H,5,7,9H2,1H3,(H,20,24). The van der Waals surface area contributed by atoms with Gasteiger partial charge in [-0.25, -0.2) is 13.5 Å². The first-order chi connectivity index (χ1) is 12.0. The van der Waals surface area contributed by atoms with Crippen molar-refractivity contribution in [1.29, 1.82) is 0 Å². The third kappa shape index (κ3) is 4.08. The smallest absolute Gasteiger partial charge is 0.273 e. The number of aryl methyl sites for hydroxylation is 1. The van der Waals surface area contributed by atoms with E-state index in [0.717, 1.165) is 6.42 Å². The number of carbonyl (C=O) groups is 1. The van der Waals surface area contributed by atoms with Crippen LogP contribution in [0.25, 0.3) is 0 Å². The number of halogens is 2. The van der Waals surface area contributed by atoms with Gasteiger partial charge in [-0.05, 0) is 42.5 Å². The van der Waals surface area contributed by atoms with E-state index < -0.39 is 11.6 Å². The van der Waals surface area contributed by atoms with Crippen molar-refractivity contribution in [2.24, 2.45) is 0 Å². The molecule has 0 bridgehead atoms. The third-order valence-electron chi connectivity index (χ3n) is 3.76. The number of amides is 1. The van der Waals surface area contributed by atoms with Gasteiger partial charge in [0.15, 0.2) is 5.69 Å². The van der Waals surface area contributed by atoms with Crippen molar-refractivity contribution in [2.75, 3.05) is 6.54 Å². The summed E-state index contributed by atoms with van der Waals surface area (Å²) in [6.45, 7) is 2.38. The molecule has 0 atom stereocenters. The van der Waals surface area contributed by atoms with E-state index in [1.54, 1.807) is 11.3 Å². The first-order valence-electron chi connectivity index (χ1n) is 7.69. The Labute approximate surface area is 147 Å². The van der Waals surface area contributed by atoms with E-state index in [9.17, 15) is 13.6 Å². The molecule has 1 aromatic carbocycles. The highest BCUT2D eigenvalue weighted by Gasteiger charge is 2.14. The number of carbonyl (C=O) groups excluding carboxylic acids is 1. The first-order valence-corrected chi connectivity index (χ1v) is 8.56. The number of rotatable bonds is 6. The van der Waals surface area contributed by atoms with Crippen molar-refractivity contribution in [2.45, 2.75) is 19.9 Å². The van der Waals surface area contributed by atoms with Crippen LogP contribution < -0.4 is 5.32 Å².